The van der Waals surface area contributed by atoms with Crippen LogP contribution in [0.15, 0.2) is 4.79 Å². The summed E-state index contributed by atoms with van der Waals surface area (Å²) in [5, 5.41) is 11.2. The maximum atomic E-state index is 12.8. The summed E-state index contributed by atoms with van der Waals surface area (Å²) < 4.78 is 10.9. The molecule has 0 unspecified atom stereocenters. The monoisotopic (exact) mass is 437 g/mol. The Balaban J connectivity index is 1.76. The molecule has 30 heavy (non-hydrogen) atoms. The van der Waals surface area contributed by atoms with Crippen LogP contribution >= 0.6 is 11.3 Å². The van der Waals surface area contributed by atoms with Gasteiger partial charge in [0.2, 0.25) is 0 Å². The van der Waals surface area contributed by atoms with Gasteiger partial charge in [0.1, 0.15) is 10.7 Å². The molecule has 0 fully saturated rings. The van der Waals surface area contributed by atoms with Crippen LogP contribution in [0, 0.1) is 5.92 Å². The summed E-state index contributed by atoms with van der Waals surface area (Å²) in [5.41, 5.74) is 0.844. The van der Waals surface area contributed by atoms with E-state index in [4.69, 9.17) is 14.5 Å². The zero-order valence-corrected chi connectivity index (χ0v) is 19.6. The third kappa shape index (κ3) is 6.11. The fraction of sp³-hybridized carbons (Fsp3) is 0.727. The Morgan fingerprint density at radius 3 is 2.87 bits per heavy atom. The van der Waals surface area contributed by atoms with Crippen LogP contribution in [0.3, 0.4) is 0 Å². The van der Waals surface area contributed by atoms with Gasteiger partial charge in [0.05, 0.1) is 36.8 Å². The molecule has 0 saturated heterocycles. The van der Waals surface area contributed by atoms with Gasteiger partial charge in [0.25, 0.3) is 5.56 Å². The number of hydrogen-bond acceptors (Lipinski definition) is 7. The van der Waals surface area contributed by atoms with Crippen molar-refractivity contribution in [1.29, 1.82) is 0 Å². The molecular weight excluding hydrogens is 402 g/mol. The highest BCUT2D eigenvalue weighted by atomic mass is 32.1. The first-order valence-corrected chi connectivity index (χ1v) is 11.5. The maximum absolute atomic E-state index is 12.8. The van der Waals surface area contributed by atoms with Gasteiger partial charge in [0.15, 0.2) is 0 Å². The molecule has 0 amide bonds. The smallest absolute Gasteiger partial charge is 0.259 e. The third-order valence-corrected chi connectivity index (χ3v) is 6.53. The standard InChI is InChI=1S/C22H35N3O4S/c1-14-6-7-16-17(10-14)30-21-19(16)20(27)23-18(24-21)12-25(8-9-28-5)11-15(26)13-29-22(2,3)4/h14-15,26H,6-13H2,1-5H3,(H,23,24,27)/t14-,15-/m1/s1. The van der Waals surface area contributed by atoms with Crippen molar-refractivity contribution in [3.05, 3.63) is 26.6 Å². The molecule has 0 radical (unpaired) electrons. The SMILES string of the molecule is COCCN(Cc1nc2sc3c(c2c(=O)[nH]1)CC[C@@H](C)C3)C[C@@H](O)COC(C)(C)C. The van der Waals surface area contributed by atoms with Gasteiger partial charge < -0.3 is 19.6 Å². The number of nitrogens with one attached hydrogen (secondary N) is 1. The number of aromatic amines is 1. The van der Waals surface area contributed by atoms with E-state index in [0.29, 0.717) is 38.0 Å². The molecule has 0 aliphatic heterocycles. The summed E-state index contributed by atoms with van der Waals surface area (Å²) in [7, 11) is 1.65. The van der Waals surface area contributed by atoms with Crippen LogP contribution in [0.2, 0.25) is 0 Å². The van der Waals surface area contributed by atoms with E-state index in [9.17, 15) is 9.90 Å². The average molecular weight is 438 g/mol. The molecular formula is C22H35N3O4S. The maximum Gasteiger partial charge on any atom is 0.259 e. The van der Waals surface area contributed by atoms with Crippen LogP contribution in [0.25, 0.3) is 10.2 Å². The van der Waals surface area contributed by atoms with Crippen LogP contribution in [-0.2, 0) is 28.9 Å². The molecule has 0 saturated carbocycles. The number of fused-ring (bicyclic) bond motifs is 3. The molecule has 2 heterocycles. The predicted molar refractivity (Wildman–Crippen MR) is 120 cm³/mol. The molecule has 0 aromatic carbocycles. The van der Waals surface area contributed by atoms with Crippen molar-refractivity contribution in [3.63, 3.8) is 0 Å². The Bertz CT molecular complexity index is 902. The van der Waals surface area contributed by atoms with E-state index in [1.54, 1.807) is 18.4 Å². The van der Waals surface area contributed by atoms with E-state index in [-0.39, 0.29) is 17.8 Å². The lowest BCUT2D eigenvalue weighted by Crippen LogP contribution is -2.38. The number of aromatic nitrogens is 2. The van der Waals surface area contributed by atoms with Crippen LogP contribution in [0.5, 0.6) is 0 Å². The highest BCUT2D eigenvalue weighted by Crippen LogP contribution is 2.35. The van der Waals surface area contributed by atoms with Crippen molar-refractivity contribution in [2.75, 3.05) is 33.4 Å². The minimum Gasteiger partial charge on any atom is -0.389 e. The second-order valence-electron chi connectivity index (χ2n) is 9.35. The van der Waals surface area contributed by atoms with E-state index in [2.05, 4.69) is 11.9 Å². The van der Waals surface area contributed by atoms with Gasteiger partial charge in [-0.15, -0.1) is 11.3 Å². The first-order valence-electron chi connectivity index (χ1n) is 10.7. The quantitative estimate of drug-likeness (QED) is 0.627. The summed E-state index contributed by atoms with van der Waals surface area (Å²) in [5.74, 6) is 1.28. The Morgan fingerprint density at radius 2 is 2.17 bits per heavy atom. The number of rotatable bonds is 9. The zero-order valence-electron chi connectivity index (χ0n) is 18.8. The minimum atomic E-state index is -0.632. The van der Waals surface area contributed by atoms with Crippen LogP contribution in [0.4, 0.5) is 0 Å². The second-order valence-corrected chi connectivity index (χ2v) is 10.4. The first kappa shape index (κ1) is 23.3. The molecule has 8 heteroatoms. The number of hydrogen-bond donors (Lipinski definition) is 2. The lowest BCUT2D eigenvalue weighted by atomic mass is 9.89. The number of aliphatic hydroxyl groups excluding tert-OH is 1. The van der Waals surface area contributed by atoms with E-state index in [1.807, 2.05) is 25.7 Å². The van der Waals surface area contributed by atoms with Gasteiger partial charge >= 0.3 is 0 Å². The highest BCUT2D eigenvalue weighted by Gasteiger charge is 2.24. The number of thiophene rings is 1. The lowest BCUT2D eigenvalue weighted by Gasteiger charge is -2.27. The molecule has 2 N–H and O–H groups in total. The molecule has 3 rings (SSSR count). The first-order chi connectivity index (χ1) is 14.2. The number of aliphatic hydroxyl groups is 1. The fourth-order valence-electron chi connectivity index (χ4n) is 3.83. The van der Waals surface area contributed by atoms with Gasteiger partial charge in [0, 0.05) is 25.1 Å². The van der Waals surface area contributed by atoms with Crippen molar-refractivity contribution in [1.82, 2.24) is 14.9 Å². The van der Waals surface area contributed by atoms with Gasteiger partial charge in [-0.25, -0.2) is 4.98 Å². The molecule has 168 valence electrons. The van der Waals surface area contributed by atoms with Crippen molar-refractivity contribution < 1.29 is 14.6 Å². The van der Waals surface area contributed by atoms with Gasteiger partial charge in [-0.1, -0.05) is 6.92 Å². The zero-order chi connectivity index (χ0) is 21.9. The fourth-order valence-corrected chi connectivity index (χ4v) is 5.23. The predicted octanol–water partition coefficient (Wildman–Crippen LogP) is 2.73. The largest absolute Gasteiger partial charge is 0.389 e. The van der Waals surface area contributed by atoms with Crippen molar-refractivity contribution >= 4 is 21.6 Å². The molecule has 7 nitrogen and oxygen atoms in total. The topological polar surface area (TPSA) is 87.7 Å². The summed E-state index contributed by atoms with van der Waals surface area (Å²) in [6.45, 7) is 10.4. The molecule has 2 aromatic heterocycles. The number of ether oxygens (including phenoxy) is 2. The van der Waals surface area contributed by atoms with Gasteiger partial charge in [-0.2, -0.15) is 0 Å². The van der Waals surface area contributed by atoms with Gasteiger partial charge in [-0.05, 0) is 51.5 Å². The molecule has 0 bridgehead atoms. The van der Waals surface area contributed by atoms with E-state index in [1.165, 1.54) is 10.4 Å². The van der Waals surface area contributed by atoms with Gasteiger partial charge in [-0.3, -0.25) is 9.69 Å². The van der Waals surface area contributed by atoms with Crippen LogP contribution in [-0.4, -0.2) is 65.1 Å². The van der Waals surface area contributed by atoms with Crippen molar-refractivity contribution in [3.8, 4) is 0 Å². The number of aryl methyl sites for hydroxylation is 1. The Kier molecular flexibility index (Phi) is 7.68. The number of methoxy groups -OCH3 is 1. The summed E-state index contributed by atoms with van der Waals surface area (Å²) in [4.78, 5) is 24.8. The summed E-state index contributed by atoms with van der Waals surface area (Å²) in [6.07, 6.45) is 2.48. The molecule has 1 aliphatic carbocycles. The lowest BCUT2D eigenvalue weighted by molar-refractivity contribution is -0.0578. The average Bonchev–Trinajstić information content (AvgIpc) is 3.01. The van der Waals surface area contributed by atoms with Crippen molar-refractivity contribution in [2.24, 2.45) is 5.92 Å². The van der Waals surface area contributed by atoms with Crippen LogP contribution < -0.4 is 5.56 Å². The van der Waals surface area contributed by atoms with Crippen LogP contribution in [0.1, 0.15) is 50.4 Å². The third-order valence-electron chi connectivity index (χ3n) is 5.38. The highest BCUT2D eigenvalue weighted by molar-refractivity contribution is 7.18. The van der Waals surface area contributed by atoms with E-state index in [0.717, 1.165) is 29.5 Å². The number of H-pyrrole nitrogens is 1. The molecule has 2 atom stereocenters. The molecule has 1 aliphatic rings. The van der Waals surface area contributed by atoms with Crippen molar-refractivity contribution in [2.45, 2.75) is 65.2 Å². The second kappa shape index (κ2) is 9.87. The van der Waals surface area contributed by atoms with E-state index >= 15 is 0 Å². The normalized spacial score (nSPS) is 18.2. The molecule has 2 aromatic rings. The summed E-state index contributed by atoms with van der Waals surface area (Å²) >= 11 is 1.66. The van der Waals surface area contributed by atoms with E-state index < -0.39 is 6.10 Å². The summed E-state index contributed by atoms with van der Waals surface area (Å²) in [6, 6.07) is 0. The number of nitrogens with zero attached hydrogens (tertiary/aromatic N) is 2. The Hall–Kier alpha value is -1.32. The molecule has 0 spiro atoms. The minimum absolute atomic E-state index is 0.0506. The Morgan fingerprint density at radius 1 is 1.40 bits per heavy atom. The Labute approximate surface area is 182 Å².